The normalized spacial score (nSPS) is 26.8. The van der Waals surface area contributed by atoms with Gasteiger partial charge in [-0.3, -0.25) is 0 Å². The monoisotopic (exact) mass is 198 g/mol. The number of hydrogen-bond acceptors (Lipinski definition) is 2. The molecule has 84 valence electrons. The van der Waals surface area contributed by atoms with Gasteiger partial charge < -0.3 is 10.6 Å². The molecule has 1 unspecified atom stereocenters. The number of likely N-dealkylation sites (tertiary alicyclic amines) is 1. The van der Waals surface area contributed by atoms with Crippen LogP contribution in [0, 0.1) is 17.3 Å². The molecule has 1 saturated heterocycles. The Bertz CT molecular complexity index is 172. The third-order valence-electron chi connectivity index (χ3n) is 3.47. The Kier molecular flexibility index (Phi) is 3.96. The summed E-state index contributed by atoms with van der Waals surface area (Å²) < 4.78 is 0. The highest BCUT2D eigenvalue weighted by Crippen LogP contribution is 2.33. The van der Waals surface area contributed by atoms with Gasteiger partial charge in [0, 0.05) is 13.1 Å². The van der Waals surface area contributed by atoms with Gasteiger partial charge in [-0.15, -0.1) is 0 Å². The van der Waals surface area contributed by atoms with Gasteiger partial charge in [-0.2, -0.15) is 0 Å². The Morgan fingerprint density at radius 1 is 1.43 bits per heavy atom. The molecule has 0 spiro atoms. The number of nitrogens with two attached hydrogens (primary N) is 1. The summed E-state index contributed by atoms with van der Waals surface area (Å²) in [6, 6.07) is 0. The standard InChI is InChI=1S/C12H26N2/c1-10(7-13)8-14-6-5-11(9-14)12(2,3)4/h10-11H,5-9,13H2,1-4H3/t10-,11?/m0/s1. The van der Waals surface area contributed by atoms with E-state index in [0.29, 0.717) is 11.3 Å². The van der Waals surface area contributed by atoms with Crippen molar-refractivity contribution in [3.63, 3.8) is 0 Å². The first-order chi connectivity index (χ1) is 6.43. The van der Waals surface area contributed by atoms with Gasteiger partial charge in [0.15, 0.2) is 0 Å². The van der Waals surface area contributed by atoms with Crippen LogP contribution in [0.4, 0.5) is 0 Å². The van der Waals surface area contributed by atoms with Crippen molar-refractivity contribution < 1.29 is 0 Å². The van der Waals surface area contributed by atoms with E-state index in [1.54, 1.807) is 0 Å². The van der Waals surface area contributed by atoms with Crippen molar-refractivity contribution in [3.05, 3.63) is 0 Å². The molecule has 2 N–H and O–H groups in total. The van der Waals surface area contributed by atoms with Crippen LogP contribution >= 0.6 is 0 Å². The lowest BCUT2D eigenvalue weighted by molar-refractivity contribution is 0.218. The Balaban J connectivity index is 2.34. The zero-order valence-electron chi connectivity index (χ0n) is 10.2. The molecule has 0 bridgehead atoms. The van der Waals surface area contributed by atoms with Crippen LogP contribution in [0.2, 0.25) is 0 Å². The summed E-state index contributed by atoms with van der Waals surface area (Å²) in [4.78, 5) is 2.58. The highest BCUT2D eigenvalue weighted by molar-refractivity contribution is 4.84. The van der Waals surface area contributed by atoms with E-state index in [9.17, 15) is 0 Å². The van der Waals surface area contributed by atoms with Gasteiger partial charge in [-0.05, 0) is 36.8 Å². The second kappa shape index (κ2) is 4.63. The van der Waals surface area contributed by atoms with Crippen LogP contribution in [0.5, 0.6) is 0 Å². The van der Waals surface area contributed by atoms with E-state index in [1.165, 1.54) is 26.1 Å². The quantitative estimate of drug-likeness (QED) is 0.751. The molecule has 1 heterocycles. The SMILES string of the molecule is C[C@@H](CN)CN1CCC(C(C)(C)C)C1. The van der Waals surface area contributed by atoms with Crippen LogP contribution in [0.1, 0.15) is 34.1 Å². The smallest absolute Gasteiger partial charge is 0.00192 e. The summed E-state index contributed by atoms with van der Waals surface area (Å²) in [5.41, 5.74) is 6.12. The fraction of sp³-hybridized carbons (Fsp3) is 1.00. The van der Waals surface area contributed by atoms with Gasteiger partial charge in [-0.25, -0.2) is 0 Å². The fourth-order valence-corrected chi connectivity index (χ4v) is 2.22. The van der Waals surface area contributed by atoms with Gasteiger partial charge in [-0.1, -0.05) is 27.7 Å². The average molecular weight is 198 g/mol. The van der Waals surface area contributed by atoms with Crippen molar-refractivity contribution >= 4 is 0 Å². The first-order valence-electron chi connectivity index (χ1n) is 5.86. The van der Waals surface area contributed by atoms with E-state index >= 15 is 0 Å². The maximum atomic E-state index is 5.64. The predicted molar refractivity (Wildman–Crippen MR) is 62.2 cm³/mol. The van der Waals surface area contributed by atoms with Crippen LogP contribution in [0.15, 0.2) is 0 Å². The van der Waals surface area contributed by atoms with Crippen molar-refractivity contribution in [2.45, 2.75) is 34.1 Å². The van der Waals surface area contributed by atoms with E-state index in [0.717, 1.165) is 12.5 Å². The van der Waals surface area contributed by atoms with Gasteiger partial charge in [0.1, 0.15) is 0 Å². The molecule has 0 aromatic heterocycles. The molecule has 0 radical (unpaired) electrons. The minimum Gasteiger partial charge on any atom is -0.330 e. The summed E-state index contributed by atoms with van der Waals surface area (Å²) in [7, 11) is 0. The summed E-state index contributed by atoms with van der Waals surface area (Å²) in [6.45, 7) is 13.8. The van der Waals surface area contributed by atoms with Crippen LogP contribution in [-0.4, -0.2) is 31.1 Å². The third kappa shape index (κ3) is 3.25. The lowest BCUT2D eigenvalue weighted by Crippen LogP contribution is -2.31. The molecule has 0 aromatic rings. The Morgan fingerprint density at radius 2 is 2.07 bits per heavy atom. The largest absolute Gasteiger partial charge is 0.330 e. The molecule has 2 nitrogen and oxygen atoms in total. The van der Waals surface area contributed by atoms with Crippen molar-refractivity contribution in [1.82, 2.24) is 4.90 Å². The van der Waals surface area contributed by atoms with Gasteiger partial charge in [0.2, 0.25) is 0 Å². The van der Waals surface area contributed by atoms with Crippen molar-refractivity contribution in [3.8, 4) is 0 Å². The first-order valence-corrected chi connectivity index (χ1v) is 5.86. The molecule has 0 amide bonds. The molecule has 2 atom stereocenters. The Labute approximate surface area is 88.8 Å². The van der Waals surface area contributed by atoms with E-state index < -0.39 is 0 Å². The molecule has 0 saturated carbocycles. The van der Waals surface area contributed by atoms with Gasteiger partial charge >= 0.3 is 0 Å². The number of rotatable bonds is 3. The molecule has 14 heavy (non-hydrogen) atoms. The maximum Gasteiger partial charge on any atom is 0.00192 e. The lowest BCUT2D eigenvalue weighted by Gasteiger charge is -2.27. The molecule has 1 aliphatic rings. The van der Waals surface area contributed by atoms with Crippen LogP contribution in [0.25, 0.3) is 0 Å². The third-order valence-corrected chi connectivity index (χ3v) is 3.47. The summed E-state index contributed by atoms with van der Waals surface area (Å²) in [5, 5.41) is 0. The summed E-state index contributed by atoms with van der Waals surface area (Å²) in [5.74, 6) is 1.51. The molecule has 1 rings (SSSR count). The molecular formula is C12H26N2. The molecule has 1 aliphatic heterocycles. The molecular weight excluding hydrogens is 172 g/mol. The minimum atomic E-state index is 0.473. The number of nitrogens with zero attached hydrogens (tertiary/aromatic N) is 1. The Morgan fingerprint density at radius 3 is 2.50 bits per heavy atom. The molecule has 0 aromatic carbocycles. The minimum absolute atomic E-state index is 0.473. The highest BCUT2D eigenvalue weighted by atomic mass is 15.1. The average Bonchev–Trinajstić information content (AvgIpc) is 2.51. The highest BCUT2D eigenvalue weighted by Gasteiger charge is 2.31. The van der Waals surface area contributed by atoms with E-state index in [2.05, 4.69) is 32.6 Å². The zero-order valence-corrected chi connectivity index (χ0v) is 10.2. The number of hydrogen-bond donors (Lipinski definition) is 1. The topological polar surface area (TPSA) is 29.3 Å². The van der Waals surface area contributed by atoms with Gasteiger partial charge in [0.05, 0.1) is 0 Å². The van der Waals surface area contributed by atoms with Crippen LogP contribution in [-0.2, 0) is 0 Å². The predicted octanol–water partition coefficient (Wildman–Crippen LogP) is 1.95. The van der Waals surface area contributed by atoms with Crippen molar-refractivity contribution in [2.75, 3.05) is 26.2 Å². The molecule has 1 fully saturated rings. The lowest BCUT2D eigenvalue weighted by atomic mass is 9.80. The molecule has 2 heteroatoms. The second-order valence-corrected chi connectivity index (χ2v) is 5.95. The summed E-state index contributed by atoms with van der Waals surface area (Å²) in [6.07, 6.45) is 1.36. The van der Waals surface area contributed by atoms with Gasteiger partial charge in [0.25, 0.3) is 0 Å². The van der Waals surface area contributed by atoms with E-state index in [4.69, 9.17) is 5.73 Å². The molecule has 0 aliphatic carbocycles. The van der Waals surface area contributed by atoms with E-state index in [-0.39, 0.29) is 0 Å². The Hall–Kier alpha value is -0.0800. The first kappa shape index (κ1) is 12.0. The zero-order chi connectivity index (χ0) is 10.8. The van der Waals surface area contributed by atoms with Crippen molar-refractivity contribution in [1.29, 1.82) is 0 Å². The summed E-state index contributed by atoms with van der Waals surface area (Å²) >= 11 is 0. The van der Waals surface area contributed by atoms with Crippen LogP contribution < -0.4 is 5.73 Å². The fourth-order valence-electron chi connectivity index (χ4n) is 2.22. The van der Waals surface area contributed by atoms with Crippen molar-refractivity contribution in [2.24, 2.45) is 23.0 Å². The van der Waals surface area contributed by atoms with E-state index in [1.807, 2.05) is 0 Å². The second-order valence-electron chi connectivity index (χ2n) is 5.95. The maximum absolute atomic E-state index is 5.64. The van der Waals surface area contributed by atoms with Crippen LogP contribution in [0.3, 0.4) is 0 Å².